The number of carbonyl (C=O) groups excluding carboxylic acids is 1. The van der Waals surface area contributed by atoms with Crippen LogP contribution >= 0.6 is 11.8 Å². The molecule has 1 fully saturated rings. The van der Waals surface area contributed by atoms with Gasteiger partial charge in [0.25, 0.3) is 0 Å². The fourth-order valence-electron chi connectivity index (χ4n) is 3.33. The van der Waals surface area contributed by atoms with Crippen LogP contribution in [0, 0.1) is 5.92 Å². The maximum atomic E-state index is 12.2. The summed E-state index contributed by atoms with van der Waals surface area (Å²) in [6, 6.07) is 14.9. The standard InChI is InChI=1S/C19H24N2OS/c20-12-16-7-3-4-8-18(16)21-19(22)13-23-17-10-9-14-5-1-2-6-15(14)11-17/h1-2,5-6,9-11,16,18H,3-4,7-8,12-13,20H2,(H,21,22). The Morgan fingerprint density at radius 2 is 1.91 bits per heavy atom. The van der Waals surface area contributed by atoms with Crippen molar-refractivity contribution >= 4 is 28.4 Å². The summed E-state index contributed by atoms with van der Waals surface area (Å²) in [5, 5.41) is 5.63. The molecule has 4 heteroatoms. The topological polar surface area (TPSA) is 55.1 Å². The van der Waals surface area contributed by atoms with Crippen molar-refractivity contribution in [1.29, 1.82) is 0 Å². The smallest absolute Gasteiger partial charge is 0.230 e. The highest BCUT2D eigenvalue weighted by atomic mass is 32.2. The summed E-state index contributed by atoms with van der Waals surface area (Å²) in [5.41, 5.74) is 5.83. The lowest BCUT2D eigenvalue weighted by atomic mass is 9.84. The second-order valence-corrected chi connectivity index (χ2v) is 7.30. The zero-order valence-electron chi connectivity index (χ0n) is 13.3. The number of benzene rings is 2. The molecule has 0 aliphatic heterocycles. The van der Waals surface area contributed by atoms with E-state index in [0.717, 1.165) is 17.7 Å². The van der Waals surface area contributed by atoms with Crippen molar-refractivity contribution in [3.63, 3.8) is 0 Å². The van der Waals surface area contributed by atoms with Crippen LogP contribution in [0.25, 0.3) is 10.8 Å². The average Bonchev–Trinajstić information content (AvgIpc) is 2.60. The number of carbonyl (C=O) groups is 1. The molecule has 0 heterocycles. The minimum atomic E-state index is 0.119. The molecule has 1 aliphatic rings. The maximum absolute atomic E-state index is 12.2. The summed E-state index contributed by atoms with van der Waals surface area (Å²) >= 11 is 1.60. The van der Waals surface area contributed by atoms with Gasteiger partial charge in [0.05, 0.1) is 5.75 Å². The highest BCUT2D eigenvalue weighted by Gasteiger charge is 2.25. The van der Waals surface area contributed by atoms with Crippen LogP contribution in [0.1, 0.15) is 25.7 Å². The summed E-state index contributed by atoms with van der Waals surface area (Å²) < 4.78 is 0. The summed E-state index contributed by atoms with van der Waals surface area (Å²) in [6.45, 7) is 0.669. The zero-order chi connectivity index (χ0) is 16.1. The van der Waals surface area contributed by atoms with Crippen LogP contribution in [0.3, 0.4) is 0 Å². The number of nitrogens with one attached hydrogen (secondary N) is 1. The Bertz CT molecular complexity index is 673. The molecule has 3 rings (SSSR count). The van der Waals surface area contributed by atoms with Crippen molar-refractivity contribution < 1.29 is 4.79 Å². The van der Waals surface area contributed by atoms with Crippen LogP contribution in [0.2, 0.25) is 0 Å². The van der Waals surface area contributed by atoms with Gasteiger partial charge < -0.3 is 11.1 Å². The van der Waals surface area contributed by atoms with Crippen LogP contribution in [0.15, 0.2) is 47.4 Å². The minimum Gasteiger partial charge on any atom is -0.352 e. The lowest BCUT2D eigenvalue weighted by Gasteiger charge is -2.31. The number of hydrogen-bond donors (Lipinski definition) is 2. The van der Waals surface area contributed by atoms with Crippen molar-refractivity contribution in [2.75, 3.05) is 12.3 Å². The highest BCUT2D eigenvalue weighted by molar-refractivity contribution is 8.00. The molecule has 2 aromatic carbocycles. The Morgan fingerprint density at radius 1 is 1.13 bits per heavy atom. The predicted octanol–water partition coefficient (Wildman–Crippen LogP) is 3.57. The molecular formula is C19H24N2OS. The molecule has 3 N–H and O–H groups in total. The van der Waals surface area contributed by atoms with Crippen molar-refractivity contribution in [3.05, 3.63) is 42.5 Å². The molecule has 3 nitrogen and oxygen atoms in total. The third-order valence-corrected chi connectivity index (χ3v) is 5.64. The quantitative estimate of drug-likeness (QED) is 0.825. The zero-order valence-corrected chi connectivity index (χ0v) is 14.1. The van der Waals surface area contributed by atoms with Gasteiger partial charge in [0.1, 0.15) is 0 Å². The van der Waals surface area contributed by atoms with E-state index in [4.69, 9.17) is 5.73 Å². The minimum absolute atomic E-state index is 0.119. The van der Waals surface area contributed by atoms with Gasteiger partial charge in [-0.25, -0.2) is 0 Å². The van der Waals surface area contributed by atoms with E-state index >= 15 is 0 Å². The summed E-state index contributed by atoms with van der Waals surface area (Å²) in [6.07, 6.45) is 4.63. The summed E-state index contributed by atoms with van der Waals surface area (Å²) in [5.74, 6) is 1.03. The summed E-state index contributed by atoms with van der Waals surface area (Å²) in [7, 11) is 0. The number of thioether (sulfide) groups is 1. The Kier molecular flexibility index (Phi) is 5.57. The van der Waals surface area contributed by atoms with Gasteiger partial charge in [-0.05, 0) is 48.2 Å². The van der Waals surface area contributed by atoms with Crippen LogP contribution < -0.4 is 11.1 Å². The first kappa shape index (κ1) is 16.3. The van der Waals surface area contributed by atoms with E-state index in [9.17, 15) is 4.79 Å². The van der Waals surface area contributed by atoms with Gasteiger partial charge in [0.2, 0.25) is 5.91 Å². The van der Waals surface area contributed by atoms with E-state index in [0.29, 0.717) is 18.2 Å². The molecule has 1 amide bonds. The predicted molar refractivity (Wildman–Crippen MR) is 97.6 cm³/mol. The highest BCUT2D eigenvalue weighted by Crippen LogP contribution is 2.25. The molecule has 2 aromatic rings. The molecule has 23 heavy (non-hydrogen) atoms. The molecular weight excluding hydrogens is 304 g/mol. The largest absolute Gasteiger partial charge is 0.352 e. The molecule has 0 radical (unpaired) electrons. The first-order chi connectivity index (χ1) is 11.3. The first-order valence-electron chi connectivity index (χ1n) is 8.37. The van der Waals surface area contributed by atoms with Crippen LogP contribution in [-0.4, -0.2) is 24.2 Å². The van der Waals surface area contributed by atoms with E-state index in [1.165, 1.54) is 23.6 Å². The van der Waals surface area contributed by atoms with Crippen molar-refractivity contribution in [2.24, 2.45) is 11.7 Å². The third kappa shape index (κ3) is 4.27. The molecule has 0 bridgehead atoms. The van der Waals surface area contributed by atoms with Crippen LogP contribution in [-0.2, 0) is 4.79 Å². The average molecular weight is 328 g/mol. The second kappa shape index (κ2) is 7.84. The molecule has 2 atom stereocenters. The van der Waals surface area contributed by atoms with Gasteiger partial charge >= 0.3 is 0 Å². The lowest BCUT2D eigenvalue weighted by molar-refractivity contribution is -0.119. The van der Waals surface area contributed by atoms with Gasteiger partial charge in [-0.15, -0.1) is 11.8 Å². The van der Waals surface area contributed by atoms with Gasteiger partial charge in [0, 0.05) is 10.9 Å². The van der Waals surface area contributed by atoms with Gasteiger partial charge in [-0.2, -0.15) is 0 Å². The fourth-order valence-corrected chi connectivity index (χ4v) is 4.09. The second-order valence-electron chi connectivity index (χ2n) is 6.25. The Hall–Kier alpha value is -1.52. The van der Waals surface area contributed by atoms with E-state index in [1.807, 2.05) is 12.1 Å². The number of amides is 1. The van der Waals surface area contributed by atoms with Crippen LogP contribution in [0.5, 0.6) is 0 Å². The maximum Gasteiger partial charge on any atom is 0.230 e. The Morgan fingerprint density at radius 3 is 2.74 bits per heavy atom. The summed E-state index contributed by atoms with van der Waals surface area (Å²) in [4.78, 5) is 13.4. The number of rotatable bonds is 5. The molecule has 1 saturated carbocycles. The van der Waals surface area contributed by atoms with E-state index in [-0.39, 0.29) is 11.9 Å². The first-order valence-corrected chi connectivity index (χ1v) is 9.36. The van der Waals surface area contributed by atoms with E-state index < -0.39 is 0 Å². The van der Waals surface area contributed by atoms with E-state index in [1.54, 1.807) is 11.8 Å². The number of nitrogens with two attached hydrogens (primary N) is 1. The fraction of sp³-hybridized carbons (Fsp3) is 0.421. The Labute approximate surface area is 142 Å². The van der Waals surface area contributed by atoms with Crippen molar-refractivity contribution in [2.45, 2.75) is 36.6 Å². The molecule has 2 unspecified atom stereocenters. The van der Waals surface area contributed by atoms with Crippen molar-refractivity contribution in [3.8, 4) is 0 Å². The monoisotopic (exact) mass is 328 g/mol. The van der Waals surface area contributed by atoms with Gasteiger partial charge in [-0.1, -0.05) is 43.2 Å². The van der Waals surface area contributed by atoms with Crippen molar-refractivity contribution in [1.82, 2.24) is 5.32 Å². The van der Waals surface area contributed by atoms with Crippen LogP contribution in [0.4, 0.5) is 0 Å². The number of fused-ring (bicyclic) bond motifs is 1. The SMILES string of the molecule is NCC1CCCCC1NC(=O)CSc1ccc2ccccc2c1. The Balaban J connectivity index is 1.55. The van der Waals surface area contributed by atoms with Gasteiger partial charge in [0.15, 0.2) is 0 Å². The van der Waals surface area contributed by atoms with E-state index in [2.05, 4.69) is 35.6 Å². The number of hydrogen-bond acceptors (Lipinski definition) is 3. The third-order valence-electron chi connectivity index (χ3n) is 4.65. The molecule has 122 valence electrons. The molecule has 0 aromatic heterocycles. The normalized spacial score (nSPS) is 21.3. The molecule has 0 spiro atoms. The molecule has 1 aliphatic carbocycles. The van der Waals surface area contributed by atoms with Gasteiger partial charge in [-0.3, -0.25) is 4.79 Å². The lowest BCUT2D eigenvalue weighted by Crippen LogP contribution is -2.45. The molecule has 0 saturated heterocycles.